The average Bonchev–Trinajstić information content (AvgIpc) is 3.11. The van der Waals surface area contributed by atoms with Crippen LogP contribution in [-0.2, 0) is 15.4 Å². The van der Waals surface area contributed by atoms with Crippen LogP contribution < -0.4 is 10.5 Å². The zero-order valence-corrected chi connectivity index (χ0v) is 16.7. The summed E-state index contributed by atoms with van der Waals surface area (Å²) in [5.74, 6) is 0. The maximum absolute atomic E-state index is 12.9. The molecule has 0 aliphatic carbocycles. The molecule has 0 fully saturated rings. The van der Waals surface area contributed by atoms with Gasteiger partial charge in [0.15, 0.2) is 0 Å². The van der Waals surface area contributed by atoms with Crippen molar-refractivity contribution in [2.45, 2.75) is 24.2 Å². The molecule has 4 rings (SSSR count). The van der Waals surface area contributed by atoms with Crippen molar-refractivity contribution in [2.24, 2.45) is 5.73 Å². The summed E-state index contributed by atoms with van der Waals surface area (Å²) in [6.45, 7) is 4.63. The van der Waals surface area contributed by atoms with E-state index in [1.807, 2.05) is 48.7 Å². The number of fused-ring (bicyclic) bond motifs is 2. The van der Waals surface area contributed by atoms with Crippen LogP contribution in [0.3, 0.4) is 0 Å². The minimum absolute atomic E-state index is 0.214. The number of nitrogens with two attached hydrogens (primary N) is 1. The van der Waals surface area contributed by atoms with Crippen LogP contribution in [0.15, 0.2) is 71.8 Å². The number of nitrogens with one attached hydrogen (secondary N) is 2. The molecule has 6 heteroatoms. The van der Waals surface area contributed by atoms with E-state index in [1.165, 1.54) is 0 Å². The third-order valence-electron chi connectivity index (χ3n) is 5.20. The molecule has 0 bridgehead atoms. The van der Waals surface area contributed by atoms with Crippen LogP contribution in [0.1, 0.15) is 19.4 Å². The molecule has 1 aromatic heterocycles. The number of H-pyrrole nitrogens is 1. The van der Waals surface area contributed by atoms with Gasteiger partial charge in [0.25, 0.3) is 10.0 Å². The summed E-state index contributed by atoms with van der Waals surface area (Å²) in [5, 5.41) is 2.86. The fourth-order valence-corrected chi connectivity index (χ4v) is 4.49. The van der Waals surface area contributed by atoms with Gasteiger partial charge in [-0.1, -0.05) is 44.2 Å². The third-order valence-corrected chi connectivity index (χ3v) is 6.58. The van der Waals surface area contributed by atoms with Gasteiger partial charge in [0.2, 0.25) is 0 Å². The standard InChI is InChI=1S/C22H23N3O2S/c1-22(2,14-23)20-13-24-21-10-8-17(12-19(20)21)25-28(26,27)18-9-7-15-5-3-4-6-16(15)11-18/h3-13,24-25H,14,23H2,1-2H3. The second kappa shape index (κ2) is 6.65. The lowest BCUT2D eigenvalue weighted by Gasteiger charge is -2.22. The van der Waals surface area contributed by atoms with Gasteiger partial charge in [-0.25, -0.2) is 8.42 Å². The number of anilines is 1. The van der Waals surface area contributed by atoms with Gasteiger partial charge in [-0.3, -0.25) is 4.72 Å². The fraction of sp³-hybridized carbons (Fsp3) is 0.182. The first-order chi connectivity index (χ1) is 13.3. The van der Waals surface area contributed by atoms with E-state index in [0.29, 0.717) is 12.2 Å². The summed E-state index contributed by atoms with van der Waals surface area (Å²) in [5.41, 5.74) is 8.25. The number of sulfonamides is 1. The van der Waals surface area contributed by atoms with Gasteiger partial charge in [-0.05, 0) is 46.7 Å². The van der Waals surface area contributed by atoms with E-state index < -0.39 is 10.0 Å². The molecule has 1 heterocycles. The molecular formula is C22H23N3O2S. The molecule has 0 saturated carbocycles. The molecule has 4 N–H and O–H groups in total. The van der Waals surface area contributed by atoms with Gasteiger partial charge in [0.1, 0.15) is 0 Å². The Labute approximate surface area is 164 Å². The molecule has 4 aromatic rings. The summed E-state index contributed by atoms with van der Waals surface area (Å²) < 4.78 is 28.5. The fourth-order valence-electron chi connectivity index (χ4n) is 3.40. The lowest BCUT2D eigenvalue weighted by Crippen LogP contribution is -2.27. The van der Waals surface area contributed by atoms with Gasteiger partial charge < -0.3 is 10.7 Å². The highest BCUT2D eigenvalue weighted by atomic mass is 32.2. The average molecular weight is 394 g/mol. The molecule has 5 nitrogen and oxygen atoms in total. The van der Waals surface area contributed by atoms with Crippen molar-refractivity contribution in [1.82, 2.24) is 4.98 Å². The van der Waals surface area contributed by atoms with Crippen molar-refractivity contribution in [2.75, 3.05) is 11.3 Å². The summed E-state index contributed by atoms with van der Waals surface area (Å²) >= 11 is 0. The maximum Gasteiger partial charge on any atom is 0.261 e. The molecule has 0 unspecified atom stereocenters. The zero-order chi connectivity index (χ0) is 19.9. The quantitative estimate of drug-likeness (QED) is 0.471. The second-order valence-corrected chi connectivity index (χ2v) is 9.35. The highest BCUT2D eigenvalue weighted by molar-refractivity contribution is 7.92. The second-order valence-electron chi connectivity index (χ2n) is 7.67. The Morgan fingerprint density at radius 2 is 1.75 bits per heavy atom. The van der Waals surface area contributed by atoms with E-state index in [4.69, 9.17) is 5.73 Å². The highest BCUT2D eigenvalue weighted by Gasteiger charge is 2.23. The van der Waals surface area contributed by atoms with Crippen molar-refractivity contribution in [3.05, 3.63) is 72.4 Å². The largest absolute Gasteiger partial charge is 0.361 e. The van der Waals surface area contributed by atoms with E-state index in [2.05, 4.69) is 23.6 Å². The number of aromatic nitrogens is 1. The van der Waals surface area contributed by atoms with Gasteiger partial charge in [0, 0.05) is 34.7 Å². The molecule has 28 heavy (non-hydrogen) atoms. The number of hydrogen-bond donors (Lipinski definition) is 3. The van der Waals surface area contributed by atoms with Crippen molar-refractivity contribution in [3.8, 4) is 0 Å². The van der Waals surface area contributed by atoms with Crippen LogP contribution in [0.2, 0.25) is 0 Å². The molecule has 0 atom stereocenters. The number of rotatable bonds is 5. The molecule has 0 amide bonds. The third kappa shape index (κ3) is 3.25. The lowest BCUT2D eigenvalue weighted by molar-refractivity contribution is 0.544. The summed E-state index contributed by atoms with van der Waals surface area (Å²) in [6, 6.07) is 18.3. The topological polar surface area (TPSA) is 88.0 Å². The van der Waals surface area contributed by atoms with E-state index in [-0.39, 0.29) is 10.3 Å². The molecule has 0 spiro atoms. The minimum atomic E-state index is -3.70. The normalized spacial score (nSPS) is 12.5. The highest BCUT2D eigenvalue weighted by Crippen LogP contribution is 2.32. The van der Waals surface area contributed by atoms with E-state index >= 15 is 0 Å². The van der Waals surface area contributed by atoms with Crippen LogP contribution in [0.5, 0.6) is 0 Å². The number of aromatic amines is 1. The summed E-state index contributed by atoms with van der Waals surface area (Å²) in [6.07, 6.45) is 1.94. The Bertz CT molecular complexity index is 1270. The Balaban J connectivity index is 1.72. The van der Waals surface area contributed by atoms with Crippen LogP contribution in [0.25, 0.3) is 21.7 Å². The SMILES string of the molecule is CC(C)(CN)c1c[nH]c2ccc(NS(=O)(=O)c3ccc4ccccc4c3)cc12. The smallest absolute Gasteiger partial charge is 0.261 e. The van der Waals surface area contributed by atoms with Crippen LogP contribution in [0.4, 0.5) is 5.69 Å². The zero-order valence-electron chi connectivity index (χ0n) is 15.9. The molecule has 0 radical (unpaired) electrons. The van der Waals surface area contributed by atoms with Gasteiger partial charge in [-0.2, -0.15) is 0 Å². The molecule has 0 aliphatic heterocycles. The Morgan fingerprint density at radius 3 is 2.50 bits per heavy atom. The molecule has 3 aromatic carbocycles. The van der Waals surface area contributed by atoms with Gasteiger partial charge >= 0.3 is 0 Å². The van der Waals surface area contributed by atoms with E-state index in [1.54, 1.807) is 18.2 Å². The first-order valence-corrected chi connectivity index (χ1v) is 10.6. The van der Waals surface area contributed by atoms with Gasteiger partial charge in [0.05, 0.1) is 4.90 Å². The first-order valence-electron chi connectivity index (χ1n) is 9.13. The van der Waals surface area contributed by atoms with Crippen molar-refractivity contribution >= 4 is 37.4 Å². The Morgan fingerprint density at radius 1 is 1.00 bits per heavy atom. The predicted octanol–water partition coefficient (Wildman–Crippen LogP) is 4.36. The van der Waals surface area contributed by atoms with Crippen LogP contribution in [-0.4, -0.2) is 19.9 Å². The van der Waals surface area contributed by atoms with Crippen molar-refractivity contribution in [3.63, 3.8) is 0 Å². The van der Waals surface area contributed by atoms with Crippen molar-refractivity contribution in [1.29, 1.82) is 0 Å². The first kappa shape index (κ1) is 18.5. The molecule has 0 saturated heterocycles. The number of benzene rings is 3. The minimum Gasteiger partial charge on any atom is -0.361 e. The van der Waals surface area contributed by atoms with Crippen molar-refractivity contribution < 1.29 is 8.42 Å². The summed E-state index contributed by atoms with van der Waals surface area (Å²) in [7, 11) is -3.70. The molecular weight excluding hydrogens is 370 g/mol. The van der Waals surface area contributed by atoms with Crippen LogP contribution >= 0.6 is 0 Å². The Hall–Kier alpha value is -2.83. The maximum atomic E-state index is 12.9. The number of hydrogen-bond acceptors (Lipinski definition) is 3. The van der Waals surface area contributed by atoms with E-state index in [0.717, 1.165) is 27.2 Å². The van der Waals surface area contributed by atoms with E-state index in [9.17, 15) is 8.42 Å². The monoisotopic (exact) mass is 393 g/mol. The van der Waals surface area contributed by atoms with Crippen LogP contribution in [0, 0.1) is 0 Å². The summed E-state index contributed by atoms with van der Waals surface area (Å²) in [4.78, 5) is 3.48. The molecule has 144 valence electrons. The predicted molar refractivity (Wildman–Crippen MR) is 115 cm³/mol. The van der Waals surface area contributed by atoms with Gasteiger partial charge in [-0.15, -0.1) is 0 Å². The lowest BCUT2D eigenvalue weighted by atomic mass is 9.84. The Kier molecular flexibility index (Phi) is 4.40. The molecule has 0 aliphatic rings.